The Bertz CT molecular complexity index is 569. The summed E-state index contributed by atoms with van der Waals surface area (Å²) in [6, 6.07) is 8.53. The molecule has 0 spiro atoms. The van der Waals surface area contributed by atoms with Crippen LogP contribution in [-0.2, 0) is 12.8 Å². The van der Waals surface area contributed by atoms with Crippen molar-refractivity contribution in [1.29, 1.82) is 0 Å². The molecule has 20 heavy (non-hydrogen) atoms. The van der Waals surface area contributed by atoms with Crippen LogP contribution in [0.5, 0.6) is 0 Å². The summed E-state index contributed by atoms with van der Waals surface area (Å²) in [6.07, 6.45) is 3.46. The first-order valence-corrected chi connectivity index (χ1v) is 7.07. The number of pyridine rings is 1. The standard InChI is InChI=1S/C16H18ClFN2/c1-3-11-4-6-13(20-10-11)9-16(19-2)14-8-12(17)5-7-15(14)18/h4-8,10,16,19H,3,9H2,1-2H3. The van der Waals surface area contributed by atoms with Crippen LogP contribution < -0.4 is 5.32 Å². The molecule has 0 aliphatic rings. The molecule has 2 nitrogen and oxygen atoms in total. The molecular formula is C16H18ClFN2. The quantitative estimate of drug-likeness (QED) is 0.903. The van der Waals surface area contributed by atoms with Crippen LogP contribution in [0, 0.1) is 5.82 Å². The first-order valence-electron chi connectivity index (χ1n) is 6.70. The number of hydrogen-bond acceptors (Lipinski definition) is 2. The van der Waals surface area contributed by atoms with Crippen LogP contribution in [0.15, 0.2) is 36.5 Å². The lowest BCUT2D eigenvalue weighted by Crippen LogP contribution is -2.20. The summed E-state index contributed by atoms with van der Waals surface area (Å²) >= 11 is 5.95. The number of likely N-dealkylation sites (N-methyl/N-ethyl adjacent to an activating group) is 1. The van der Waals surface area contributed by atoms with Crippen LogP contribution >= 0.6 is 11.6 Å². The largest absolute Gasteiger partial charge is 0.313 e. The molecule has 0 radical (unpaired) electrons. The van der Waals surface area contributed by atoms with Gasteiger partial charge in [0.25, 0.3) is 0 Å². The Balaban J connectivity index is 2.21. The monoisotopic (exact) mass is 292 g/mol. The average Bonchev–Trinajstić information content (AvgIpc) is 2.48. The maximum absolute atomic E-state index is 13.9. The van der Waals surface area contributed by atoms with Crippen LogP contribution in [0.2, 0.25) is 5.02 Å². The van der Waals surface area contributed by atoms with Gasteiger partial charge in [-0.15, -0.1) is 0 Å². The summed E-state index contributed by atoms with van der Waals surface area (Å²) < 4.78 is 13.9. The van der Waals surface area contributed by atoms with Crippen LogP contribution in [0.4, 0.5) is 4.39 Å². The van der Waals surface area contributed by atoms with Crippen molar-refractivity contribution in [2.45, 2.75) is 25.8 Å². The van der Waals surface area contributed by atoms with Crippen molar-refractivity contribution >= 4 is 11.6 Å². The second-order valence-corrected chi connectivity index (χ2v) is 5.16. The van der Waals surface area contributed by atoms with E-state index in [0.29, 0.717) is 17.0 Å². The number of nitrogens with zero attached hydrogens (tertiary/aromatic N) is 1. The van der Waals surface area contributed by atoms with Crippen LogP contribution in [0.3, 0.4) is 0 Å². The highest BCUT2D eigenvalue weighted by atomic mass is 35.5. The van der Waals surface area contributed by atoms with E-state index >= 15 is 0 Å². The highest BCUT2D eigenvalue weighted by molar-refractivity contribution is 6.30. The van der Waals surface area contributed by atoms with Gasteiger partial charge in [0, 0.05) is 34.9 Å². The normalized spacial score (nSPS) is 12.4. The lowest BCUT2D eigenvalue weighted by atomic mass is 10.0. The highest BCUT2D eigenvalue weighted by Gasteiger charge is 2.15. The summed E-state index contributed by atoms with van der Waals surface area (Å²) in [7, 11) is 1.81. The van der Waals surface area contributed by atoms with Crippen molar-refractivity contribution in [3.05, 3.63) is 64.2 Å². The Hall–Kier alpha value is -1.45. The lowest BCUT2D eigenvalue weighted by molar-refractivity contribution is 0.530. The zero-order chi connectivity index (χ0) is 14.5. The number of halogens is 2. The molecular weight excluding hydrogens is 275 g/mol. The second-order valence-electron chi connectivity index (χ2n) is 4.72. The molecule has 0 saturated heterocycles. The molecule has 1 atom stereocenters. The number of benzene rings is 1. The van der Waals surface area contributed by atoms with E-state index in [-0.39, 0.29) is 11.9 Å². The highest BCUT2D eigenvalue weighted by Crippen LogP contribution is 2.23. The molecule has 1 N–H and O–H groups in total. The molecule has 4 heteroatoms. The molecule has 0 fully saturated rings. The van der Waals surface area contributed by atoms with E-state index in [4.69, 9.17) is 11.6 Å². The molecule has 0 bridgehead atoms. The van der Waals surface area contributed by atoms with Gasteiger partial charge in [0.05, 0.1) is 0 Å². The van der Waals surface area contributed by atoms with Gasteiger partial charge in [0.15, 0.2) is 0 Å². The lowest BCUT2D eigenvalue weighted by Gasteiger charge is -2.17. The van der Waals surface area contributed by atoms with E-state index in [1.54, 1.807) is 12.1 Å². The van der Waals surface area contributed by atoms with Crippen molar-refractivity contribution in [3.63, 3.8) is 0 Å². The summed E-state index contributed by atoms with van der Waals surface area (Å²) in [6.45, 7) is 2.09. The minimum absolute atomic E-state index is 0.145. The fourth-order valence-electron chi connectivity index (χ4n) is 2.14. The maximum atomic E-state index is 13.9. The number of rotatable bonds is 5. The van der Waals surface area contributed by atoms with Crippen LogP contribution in [-0.4, -0.2) is 12.0 Å². The van der Waals surface area contributed by atoms with Gasteiger partial charge in [-0.1, -0.05) is 24.6 Å². The molecule has 0 aliphatic carbocycles. The van der Waals surface area contributed by atoms with Crippen molar-refractivity contribution in [2.75, 3.05) is 7.05 Å². The van der Waals surface area contributed by atoms with Crippen molar-refractivity contribution in [1.82, 2.24) is 10.3 Å². The summed E-state index contributed by atoms with van der Waals surface area (Å²) in [5.41, 5.74) is 2.70. The number of aryl methyl sites for hydroxylation is 1. The van der Waals surface area contributed by atoms with Gasteiger partial charge < -0.3 is 5.32 Å². The van der Waals surface area contributed by atoms with Crippen LogP contribution in [0.25, 0.3) is 0 Å². The van der Waals surface area contributed by atoms with Gasteiger partial charge >= 0.3 is 0 Å². The third kappa shape index (κ3) is 3.56. The Morgan fingerprint density at radius 2 is 2.10 bits per heavy atom. The van der Waals surface area contributed by atoms with Gasteiger partial charge in [0.1, 0.15) is 5.82 Å². The molecule has 0 saturated carbocycles. The van der Waals surface area contributed by atoms with E-state index in [9.17, 15) is 4.39 Å². The first kappa shape index (κ1) is 14.9. The van der Waals surface area contributed by atoms with Crippen molar-refractivity contribution < 1.29 is 4.39 Å². The Kier molecular flexibility index (Phi) is 5.10. The van der Waals surface area contributed by atoms with Gasteiger partial charge in [0.2, 0.25) is 0 Å². The molecule has 1 aromatic heterocycles. The third-order valence-electron chi connectivity index (χ3n) is 3.39. The van der Waals surface area contributed by atoms with E-state index in [0.717, 1.165) is 12.1 Å². The van der Waals surface area contributed by atoms with E-state index < -0.39 is 0 Å². The third-order valence-corrected chi connectivity index (χ3v) is 3.62. The average molecular weight is 293 g/mol. The summed E-state index contributed by atoms with van der Waals surface area (Å²) in [4.78, 5) is 4.42. The van der Waals surface area contributed by atoms with E-state index in [1.807, 2.05) is 19.3 Å². The first-order chi connectivity index (χ1) is 9.63. The number of aromatic nitrogens is 1. The molecule has 1 unspecified atom stereocenters. The van der Waals surface area contributed by atoms with Gasteiger partial charge in [-0.05, 0) is 43.3 Å². The minimum Gasteiger partial charge on any atom is -0.313 e. The summed E-state index contributed by atoms with van der Waals surface area (Å²) in [5.74, 6) is -0.251. The Morgan fingerprint density at radius 1 is 1.30 bits per heavy atom. The number of nitrogens with one attached hydrogen (secondary N) is 1. The van der Waals surface area contributed by atoms with Gasteiger partial charge in [-0.25, -0.2) is 4.39 Å². The van der Waals surface area contributed by atoms with Crippen molar-refractivity contribution in [3.8, 4) is 0 Å². The zero-order valence-electron chi connectivity index (χ0n) is 11.7. The molecule has 1 heterocycles. The Morgan fingerprint density at radius 3 is 2.70 bits per heavy atom. The summed E-state index contributed by atoms with van der Waals surface area (Å²) in [5, 5.41) is 3.66. The molecule has 0 amide bonds. The number of hydrogen-bond donors (Lipinski definition) is 1. The fourth-order valence-corrected chi connectivity index (χ4v) is 2.32. The smallest absolute Gasteiger partial charge is 0.128 e. The maximum Gasteiger partial charge on any atom is 0.128 e. The SMILES string of the molecule is CCc1ccc(CC(NC)c2cc(Cl)ccc2F)nc1. The second kappa shape index (κ2) is 6.82. The molecule has 106 valence electrons. The molecule has 0 aliphatic heterocycles. The molecule has 2 aromatic rings. The topological polar surface area (TPSA) is 24.9 Å². The minimum atomic E-state index is -0.251. The zero-order valence-corrected chi connectivity index (χ0v) is 12.4. The molecule has 1 aromatic carbocycles. The predicted molar refractivity (Wildman–Crippen MR) is 80.5 cm³/mol. The van der Waals surface area contributed by atoms with Gasteiger partial charge in [-0.3, -0.25) is 4.98 Å². The van der Waals surface area contributed by atoms with Gasteiger partial charge in [-0.2, -0.15) is 0 Å². The van der Waals surface area contributed by atoms with Crippen molar-refractivity contribution in [2.24, 2.45) is 0 Å². The predicted octanol–water partition coefficient (Wildman–Crippen LogP) is 3.94. The van der Waals surface area contributed by atoms with Crippen LogP contribution in [0.1, 0.15) is 29.8 Å². The van der Waals surface area contributed by atoms with E-state index in [1.165, 1.54) is 11.6 Å². The Labute approximate surface area is 124 Å². The van der Waals surface area contributed by atoms with E-state index in [2.05, 4.69) is 23.3 Å². The molecule has 2 rings (SSSR count). The fraction of sp³-hybridized carbons (Fsp3) is 0.312.